The number of imidazole rings is 2. The fraction of sp³-hybridized carbons (Fsp3) is 0.417. The lowest BCUT2D eigenvalue weighted by molar-refractivity contribution is -0.135. The number of benzene rings is 2. The Labute approximate surface area is 299 Å². The second-order valence-electron chi connectivity index (χ2n) is 13.3. The third-order valence-electron chi connectivity index (χ3n) is 9.83. The molecule has 0 radical (unpaired) electrons. The van der Waals surface area contributed by atoms with Gasteiger partial charge in [0.2, 0.25) is 5.91 Å². The summed E-state index contributed by atoms with van der Waals surface area (Å²) in [4.78, 5) is 57.0. The molecular weight excluding hydrogens is 675 g/mol. The van der Waals surface area contributed by atoms with Crippen molar-refractivity contribution in [1.82, 2.24) is 35.1 Å². The summed E-state index contributed by atoms with van der Waals surface area (Å²) in [6.07, 6.45) is 4.47. The molecule has 4 aromatic rings. The molecule has 2 aromatic carbocycles. The van der Waals surface area contributed by atoms with Crippen LogP contribution in [0.5, 0.6) is 0 Å². The number of nitrogens with zero attached hydrogens (tertiary/aromatic N) is 4. The van der Waals surface area contributed by atoms with Crippen LogP contribution in [0.1, 0.15) is 56.8 Å². The minimum absolute atomic E-state index is 0.0760. The van der Waals surface area contributed by atoms with Gasteiger partial charge < -0.3 is 30.0 Å². The van der Waals surface area contributed by atoms with E-state index in [9.17, 15) is 19.5 Å². The number of alkyl carbamates (subject to hydrolysis) is 1. The van der Waals surface area contributed by atoms with Crippen molar-refractivity contribution in [3.63, 3.8) is 0 Å². The molecule has 3 aliphatic rings. The number of aromatic amines is 2. The normalized spacial score (nSPS) is 20.5. The van der Waals surface area contributed by atoms with Crippen LogP contribution in [0, 0.1) is 5.92 Å². The Balaban J connectivity index is 1.02. The van der Waals surface area contributed by atoms with Gasteiger partial charge in [-0.05, 0) is 41.0 Å². The van der Waals surface area contributed by atoms with Crippen LogP contribution >= 0.6 is 23.5 Å². The monoisotopic (exact) mass is 715 g/mol. The molecule has 3 aliphatic heterocycles. The van der Waals surface area contributed by atoms with E-state index in [2.05, 4.69) is 73.8 Å². The fourth-order valence-corrected chi connectivity index (χ4v) is 10.4. The summed E-state index contributed by atoms with van der Waals surface area (Å²) >= 11 is 3.74. The molecule has 7 rings (SSSR count). The highest BCUT2D eigenvalue weighted by atomic mass is 32.2. The van der Waals surface area contributed by atoms with E-state index >= 15 is 0 Å². The quantitative estimate of drug-likeness (QED) is 0.154. The molecule has 14 heteroatoms. The van der Waals surface area contributed by atoms with Crippen LogP contribution < -0.4 is 5.32 Å². The van der Waals surface area contributed by atoms with Gasteiger partial charge in [-0.2, -0.15) is 0 Å². The molecular formula is C36H41N7O5S2. The number of likely N-dealkylation sites (tertiary alicyclic amines) is 2. The highest BCUT2D eigenvalue weighted by Gasteiger charge is 2.50. The Kier molecular flexibility index (Phi) is 9.57. The van der Waals surface area contributed by atoms with Crippen molar-refractivity contribution in [3.05, 3.63) is 72.6 Å². The smallest absolute Gasteiger partial charge is 0.407 e. The average molecular weight is 716 g/mol. The maximum Gasteiger partial charge on any atom is 0.407 e. The minimum Gasteiger partial charge on any atom is -0.465 e. The molecule has 2 aromatic heterocycles. The fourth-order valence-electron chi connectivity index (χ4n) is 7.17. The molecule has 4 N–H and O–H groups in total. The van der Waals surface area contributed by atoms with E-state index in [0.29, 0.717) is 18.9 Å². The minimum atomic E-state index is -0.903. The lowest BCUT2D eigenvalue weighted by Gasteiger charge is -2.30. The second-order valence-corrected chi connectivity index (χ2v) is 16.5. The van der Waals surface area contributed by atoms with E-state index in [1.165, 1.54) is 12.0 Å². The van der Waals surface area contributed by atoms with Gasteiger partial charge in [-0.15, -0.1) is 23.5 Å². The summed E-state index contributed by atoms with van der Waals surface area (Å²) < 4.78 is 4.67. The number of methoxy groups -OCH3 is 1. The number of hydrogen-bond donors (Lipinski definition) is 4. The summed E-state index contributed by atoms with van der Waals surface area (Å²) in [6.45, 7) is 4.92. The highest BCUT2D eigenvalue weighted by Crippen LogP contribution is 2.55. The van der Waals surface area contributed by atoms with Gasteiger partial charge in [-0.3, -0.25) is 9.69 Å². The van der Waals surface area contributed by atoms with Gasteiger partial charge >= 0.3 is 12.2 Å². The molecule has 12 nitrogen and oxygen atoms in total. The zero-order valence-electron chi connectivity index (χ0n) is 28.2. The molecule has 0 aliphatic carbocycles. The summed E-state index contributed by atoms with van der Waals surface area (Å²) in [6, 6.07) is 15.3. The number of carboxylic acid groups (broad SMARTS) is 1. The first-order valence-electron chi connectivity index (χ1n) is 16.9. The lowest BCUT2D eigenvalue weighted by Crippen LogP contribution is -2.51. The Morgan fingerprint density at radius 1 is 0.880 bits per heavy atom. The van der Waals surface area contributed by atoms with Crippen molar-refractivity contribution in [2.75, 3.05) is 31.7 Å². The Morgan fingerprint density at radius 2 is 1.42 bits per heavy atom. The molecule has 262 valence electrons. The zero-order chi connectivity index (χ0) is 35.0. The van der Waals surface area contributed by atoms with Crippen molar-refractivity contribution in [2.45, 2.75) is 55.3 Å². The van der Waals surface area contributed by atoms with Crippen LogP contribution in [0.15, 0.2) is 60.9 Å². The van der Waals surface area contributed by atoms with Gasteiger partial charge in [-0.1, -0.05) is 62.4 Å². The zero-order valence-corrected chi connectivity index (χ0v) is 29.9. The molecule has 3 fully saturated rings. The van der Waals surface area contributed by atoms with Gasteiger partial charge in [0.1, 0.15) is 17.7 Å². The summed E-state index contributed by atoms with van der Waals surface area (Å²) in [7, 11) is 1.29. The van der Waals surface area contributed by atoms with Gasteiger partial charge in [0.05, 0.1) is 47.1 Å². The second kappa shape index (κ2) is 14.1. The average Bonchev–Trinajstić information content (AvgIpc) is 3.97. The Bertz CT molecular complexity index is 1850. The van der Waals surface area contributed by atoms with E-state index in [1.807, 2.05) is 42.3 Å². The van der Waals surface area contributed by atoms with Crippen molar-refractivity contribution >= 4 is 41.6 Å². The summed E-state index contributed by atoms with van der Waals surface area (Å²) in [5.74, 6) is 3.29. The van der Waals surface area contributed by atoms with Crippen molar-refractivity contribution in [1.29, 1.82) is 0 Å². The molecule has 3 atom stereocenters. The van der Waals surface area contributed by atoms with Gasteiger partial charge in [0, 0.05) is 31.0 Å². The largest absolute Gasteiger partial charge is 0.465 e. The first-order valence-corrected chi connectivity index (χ1v) is 18.9. The molecule has 5 heterocycles. The van der Waals surface area contributed by atoms with Crippen molar-refractivity contribution < 1.29 is 24.2 Å². The molecule has 50 heavy (non-hydrogen) atoms. The number of aromatic nitrogens is 4. The van der Waals surface area contributed by atoms with Crippen LogP contribution in [0.3, 0.4) is 0 Å². The first-order chi connectivity index (χ1) is 24.1. The molecule has 3 amide bonds. The lowest BCUT2D eigenvalue weighted by atomic mass is 10.0. The van der Waals surface area contributed by atoms with Crippen LogP contribution in [-0.4, -0.2) is 94.8 Å². The number of ether oxygens (including phenoxy) is 1. The van der Waals surface area contributed by atoms with Crippen LogP contribution in [0.4, 0.5) is 9.59 Å². The topological polar surface area (TPSA) is 157 Å². The van der Waals surface area contributed by atoms with Gasteiger partial charge in [0.15, 0.2) is 0 Å². The van der Waals surface area contributed by atoms with Crippen molar-refractivity contribution in [3.8, 4) is 33.6 Å². The van der Waals surface area contributed by atoms with Crippen molar-refractivity contribution in [2.24, 2.45) is 5.92 Å². The summed E-state index contributed by atoms with van der Waals surface area (Å²) in [5, 5.41) is 12.6. The number of thioether (sulfide) groups is 2. The number of amides is 3. The molecule has 0 saturated carbocycles. The summed E-state index contributed by atoms with van der Waals surface area (Å²) in [5.41, 5.74) is 5.82. The number of rotatable bonds is 8. The Hall–Kier alpha value is -4.43. The number of carbonyl (C=O) groups excluding carboxylic acids is 2. The Morgan fingerprint density at radius 3 is 1.94 bits per heavy atom. The first kappa shape index (κ1) is 34.0. The van der Waals surface area contributed by atoms with Crippen LogP contribution in [0.2, 0.25) is 0 Å². The molecule has 0 unspecified atom stereocenters. The predicted molar refractivity (Wildman–Crippen MR) is 195 cm³/mol. The van der Waals surface area contributed by atoms with E-state index in [4.69, 9.17) is 4.74 Å². The predicted octanol–water partition coefficient (Wildman–Crippen LogP) is 6.78. The molecule has 1 spiro atoms. The number of nitrogens with one attached hydrogen (secondary N) is 3. The number of H-pyrrole nitrogens is 2. The van der Waals surface area contributed by atoms with Gasteiger partial charge in [0.25, 0.3) is 0 Å². The maximum atomic E-state index is 13.5. The third-order valence-corrected chi connectivity index (χ3v) is 13.3. The molecule has 3 saturated heterocycles. The van der Waals surface area contributed by atoms with E-state index in [-0.39, 0.29) is 28.0 Å². The van der Waals surface area contributed by atoms with E-state index in [1.54, 1.807) is 12.4 Å². The van der Waals surface area contributed by atoms with Crippen LogP contribution in [-0.2, 0) is 9.53 Å². The van der Waals surface area contributed by atoms with E-state index < -0.39 is 18.2 Å². The van der Waals surface area contributed by atoms with E-state index in [0.717, 1.165) is 70.2 Å². The third kappa shape index (κ3) is 6.70. The standard InChI is InChI=1S/C36H41N7O5S2/c1-21(2)30(41-34(45)48-3)33(44)42-14-4-5-28(42)31-37-18-26(39-31)24-10-6-22(7-11-24)23-8-12-25(13-9-23)27-19-38-32(40-27)29-17-36(49-15-16-50-36)20-43(29)35(46)47/h6-13,18-19,21,28-30H,4-5,14-17,20H2,1-3H3,(H,37,39)(H,38,40)(H,41,45)(H,46,47)/t28-,29-,30-/m0/s1. The maximum absolute atomic E-state index is 13.5. The van der Waals surface area contributed by atoms with Gasteiger partial charge in [-0.25, -0.2) is 19.6 Å². The SMILES string of the molecule is COC(=O)N[C@H](C(=O)N1CCC[C@H]1c1ncc(-c2ccc(-c3ccc(-c4cnc([C@@H]5CC6(CN5C(=O)O)SCCS6)[nH]4)cc3)cc2)[nH]1)C(C)C. The number of hydrogen-bond acceptors (Lipinski definition) is 8. The van der Waals surface area contributed by atoms with Crippen LogP contribution in [0.25, 0.3) is 33.6 Å². The molecule has 0 bridgehead atoms. The number of carbonyl (C=O) groups is 3. The highest BCUT2D eigenvalue weighted by molar-refractivity contribution is 8.21.